The summed E-state index contributed by atoms with van der Waals surface area (Å²) in [5.74, 6) is 1.72. The number of nitrogens with two attached hydrogens (primary N) is 1. The first kappa shape index (κ1) is 16.2. The van der Waals surface area contributed by atoms with Crippen molar-refractivity contribution < 1.29 is 4.74 Å². The van der Waals surface area contributed by atoms with Gasteiger partial charge >= 0.3 is 0 Å². The molecule has 1 aromatic rings. The van der Waals surface area contributed by atoms with Crippen LogP contribution in [0.1, 0.15) is 38.8 Å². The molecule has 1 heterocycles. The molecule has 110 valence electrons. The molecule has 0 saturated heterocycles. The average Bonchev–Trinajstić information content (AvgIpc) is 3.29. The summed E-state index contributed by atoms with van der Waals surface area (Å²) in [4.78, 5) is 8.19. The summed E-state index contributed by atoms with van der Waals surface area (Å²) in [7, 11) is 3.29. The molecule has 0 atom stereocenters. The van der Waals surface area contributed by atoms with Crippen LogP contribution in [-0.4, -0.2) is 25.4 Å². The van der Waals surface area contributed by atoms with Crippen molar-refractivity contribution in [3.8, 4) is 5.75 Å². The van der Waals surface area contributed by atoms with E-state index in [0.717, 1.165) is 11.5 Å². The van der Waals surface area contributed by atoms with Gasteiger partial charge < -0.3 is 10.5 Å². The van der Waals surface area contributed by atoms with Gasteiger partial charge in [0, 0.05) is 25.0 Å². The van der Waals surface area contributed by atoms with Gasteiger partial charge in [0.2, 0.25) is 0 Å². The van der Waals surface area contributed by atoms with E-state index in [1.807, 2.05) is 13.0 Å². The van der Waals surface area contributed by atoms with Crippen molar-refractivity contribution in [2.75, 3.05) is 19.9 Å². The highest BCUT2D eigenvalue weighted by molar-refractivity contribution is 6.10. The number of rotatable bonds is 4. The number of aromatic nitrogens is 1. The number of pyridine rings is 1. The fourth-order valence-corrected chi connectivity index (χ4v) is 1.82. The third-order valence-electron chi connectivity index (χ3n) is 3.27. The van der Waals surface area contributed by atoms with Crippen LogP contribution in [0.25, 0.3) is 5.57 Å². The number of nitrogen functional groups attached to an aromatic ring is 1. The summed E-state index contributed by atoms with van der Waals surface area (Å²) in [5, 5.41) is 0. The molecule has 4 heteroatoms. The largest absolute Gasteiger partial charge is 0.492 e. The van der Waals surface area contributed by atoms with Gasteiger partial charge in [-0.1, -0.05) is 32.3 Å². The van der Waals surface area contributed by atoms with Crippen molar-refractivity contribution >= 4 is 17.5 Å². The lowest BCUT2D eigenvalue weighted by molar-refractivity contribution is 0.414. The van der Waals surface area contributed by atoms with Gasteiger partial charge in [-0.05, 0) is 18.9 Å². The van der Waals surface area contributed by atoms with Crippen LogP contribution in [0.15, 0.2) is 23.3 Å². The van der Waals surface area contributed by atoms with Gasteiger partial charge in [-0.25, -0.2) is 0 Å². The van der Waals surface area contributed by atoms with E-state index in [-0.39, 0.29) is 0 Å². The quantitative estimate of drug-likeness (QED) is 0.854. The predicted octanol–water partition coefficient (Wildman–Crippen LogP) is 3.58. The lowest BCUT2D eigenvalue weighted by Crippen LogP contribution is -2.00. The Kier molecular flexibility index (Phi) is 6.77. The smallest absolute Gasteiger partial charge is 0.168 e. The van der Waals surface area contributed by atoms with E-state index in [9.17, 15) is 0 Å². The van der Waals surface area contributed by atoms with E-state index in [1.165, 1.54) is 19.3 Å². The first-order chi connectivity index (χ1) is 9.67. The molecule has 1 saturated carbocycles. The maximum Gasteiger partial charge on any atom is 0.168 e. The SMILES string of the molecule is C/C=C(\C=NC)c1nccc(N)c1OC.CCC1CC1. The Bertz CT molecular complexity index is 477. The molecule has 0 radical (unpaired) electrons. The summed E-state index contributed by atoms with van der Waals surface area (Å²) < 4.78 is 5.22. The van der Waals surface area contributed by atoms with Gasteiger partial charge in [0.25, 0.3) is 0 Å². The van der Waals surface area contributed by atoms with E-state index in [4.69, 9.17) is 10.5 Å². The highest BCUT2D eigenvalue weighted by Crippen LogP contribution is 2.31. The van der Waals surface area contributed by atoms with Crippen molar-refractivity contribution in [3.05, 3.63) is 24.0 Å². The number of allylic oxidation sites excluding steroid dienone is 2. The Morgan fingerprint density at radius 2 is 2.25 bits per heavy atom. The molecule has 0 spiro atoms. The molecular formula is C16H25N3O. The van der Waals surface area contributed by atoms with Crippen LogP contribution in [0.3, 0.4) is 0 Å². The Morgan fingerprint density at radius 1 is 1.55 bits per heavy atom. The van der Waals surface area contributed by atoms with E-state index < -0.39 is 0 Å². The van der Waals surface area contributed by atoms with Crippen LogP contribution >= 0.6 is 0 Å². The summed E-state index contributed by atoms with van der Waals surface area (Å²) in [6.07, 6.45) is 9.73. The van der Waals surface area contributed by atoms with Crippen LogP contribution < -0.4 is 10.5 Å². The Balaban J connectivity index is 0.000000333. The topological polar surface area (TPSA) is 60.5 Å². The summed E-state index contributed by atoms with van der Waals surface area (Å²) in [5.41, 5.74) is 7.96. The minimum atomic E-state index is 0.575. The second-order valence-corrected chi connectivity index (χ2v) is 4.76. The van der Waals surface area contributed by atoms with Gasteiger partial charge in [0.1, 0.15) is 5.69 Å². The molecule has 1 aliphatic carbocycles. The van der Waals surface area contributed by atoms with Crippen LogP contribution in [0, 0.1) is 5.92 Å². The molecule has 0 bridgehead atoms. The van der Waals surface area contributed by atoms with E-state index in [2.05, 4.69) is 16.9 Å². The average molecular weight is 275 g/mol. The number of ether oxygens (including phenoxy) is 1. The molecule has 1 aliphatic rings. The molecule has 0 unspecified atom stereocenters. The van der Waals surface area contributed by atoms with Crippen molar-refractivity contribution in [2.24, 2.45) is 10.9 Å². The molecule has 1 aromatic heterocycles. The van der Waals surface area contributed by atoms with Gasteiger partial charge in [0.05, 0.1) is 12.8 Å². The van der Waals surface area contributed by atoms with Crippen LogP contribution in [0.5, 0.6) is 5.75 Å². The summed E-state index contributed by atoms with van der Waals surface area (Å²) in [6, 6.07) is 1.71. The lowest BCUT2D eigenvalue weighted by atomic mass is 10.1. The molecule has 1 fully saturated rings. The van der Waals surface area contributed by atoms with Crippen molar-refractivity contribution in [1.82, 2.24) is 4.98 Å². The maximum absolute atomic E-state index is 5.78. The molecule has 2 rings (SSSR count). The summed E-state index contributed by atoms with van der Waals surface area (Å²) >= 11 is 0. The zero-order valence-electron chi connectivity index (χ0n) is 12.9. The van der Waals surface area contributed by atoms with E-state index in [1.54, 1.807) is 32.6 Å². The zero-order chi connectivity index (χ0) is 15.0. The van der Waals surface area contributed by atoms with Crippen molar-refractivity contribution in [3.63, 3.8) is 0 Å². The highest BCUT2D eigenvalue weighted by Gasteiger charge is 2.17. The number of hydrogen-bond donors (Lipinski definition) is 1. The van der Waals surface area contributed by atoms with Crippen LogP contribution in [0.4, 0.5) is 5.69 Å². The maximum atomic E-state index is 5.78. The standard InChI is InChI=1S/C11H15N3O.C5H10/c1-4-8(7-13-2)10-11(15-3)9(12)5-6-14-10;1-2-5-3-4-5/h4-7H,1-3H3,(H2,12,14);5H,2-4H2,1H3/b8-4+,13-7?;. The first-order valence-corrected chi connectivity index (χ1v) is 7.05. The second-order valence-electron chi connectivity index (χ2n) is 4.76. The molecule has 0 amide bonds. The third kappa shape index (κ3) is 4.68. The normalized spacial score (nSPS) is 14.9. The van der Waals surface area contributed by atoms with Gasteiger partial charge in [-0.2, -0.15) is 0 Å². The fourth-order valence-electron chi connectivity index (χ4n) is 1.82. The summed E-state index contributed by atoms with van der Waals surface area (Å²) in [6.45, 7) is 4.18. The third-order valence-corrected chi connectivity index (χ3v) is 3.27. The predicted molar refractivity (Wildman–Crippen MR) is 86.3 cm³/mol. The highest BCUT2D eigenvalue weighted by atomic mass is 16.5. The molecule has 2 N–H and O–H groups in total. The van der Waals surface area contributed by atoms with Crippen molar-refractivity contribution in [2.45, 2.75) is 33.1 Å². The molecule has 0 aromatic carbocycles. The molecular weight excluding hydrogens is 250 g/mol. The fraction of sp³-hybridized carbons (Fsp3) is 0.500. The molecule has 4 nitrogen and oxygen atoms in total. The number of anilines is 1. The molecule has 0 aliphatic heterocycles. The van der Waals surface area contributed by atoms with E-state index in [0.29, 0.717) is 17.1 Å². The Hall–Kier alpha value is -1.84. The minimum absolute atomic E-state index is 0.575. The van der Waals surface area contributed by atoms with Gasteiger partial charge in [0.15, 0.2) is 5.75 Å². The lowest BCUT2D eigenvalue weighted by Gasteiger charge is -2.09. The first-order valence-electron chi connectivity index (χ1n) is 7.05. The van der Waals surface area contributed by atoms with Gasteiger partial charge in [-0.3, -0.25) is 9.98 Å². The zero-order valence-corrected chi connectivity index (χ0v) is 12.9. The van der Waals surface area contributed by atoms with Crippen molar-refractivity contribution in [1.29, 1.82) is 0 Å². The monoisotopic (exact) mass is 275 g/mol. The number of methoxy groups -OCH3 is 1. The Morgan fingerprint density at radius 3 is 2.65 bits per heavy atom. The Labute approximate surface area is 121 Å². The van der Waals surface area contributed by atoms with Gasteiger partial charge in [-0.15, -0.1) is 0 Å². The number of hydrogen-bond acceptors (Lipinski definition) is 4. The second kappa shape index (κ2) is 8.35. The molecule has 20 heavy (non-hydrogen) atoms. The minimum Gasteiger partial charge on any atom is -0.492 e. The number of nitrogens with zero attached hydrogens (tertiary/aromatic N) is 2. The van der Waals surface area contributed by atoms with Crippen LogP contribution in [-0.2, 0) is 0 Å². The number of aliphatic imine (C=N–C) groups is 1. The van der Waals surface area contributed by atoms with Crippen LogP contribution in [0.2, 0.25) is 0 Å². The van der Waals surface area contributed by atoms with E-state index >= 15 is 0 Å².